The molecule has 0 aliphatic rings. The summed E-state index contributed by atoms with van der Waals surface area (Å²) in [7, 11) is 1.64. The van der Waals surface area contributed by atoms with E-state index in [2.05, 4.69) is 21.2 Å². The first-order valence-electron chi connectivity index (χ1n) is 2.98. The summed E-state index contributed by atoms with van der Waals surface area (Å²) in [4.78, 5) is 0. The molecule has 0 amide bonds. The zero-order valence-corrected chi connectivity index (χ0v) is 8.13. The molecule has 0 saturated carbocycles. The zero-order valence-electron chi connectivity index (χ0n) is 5.79. The molecule has 1 aromatic carbocycles. The van der Waals surface area contributed by atoms with E-state index < -0.39 is 5.82 Å². The number of nitrogens with one attached hydrogen (secondary N) is 1. The molecule has 0 aliphatic heterocycles. The van der Waals surface area contributed by atoms with E-state index in [0.29, 0.717) is 10.2 Å². The van der Waals surface area contributed by atoms with Gasteiger partial charge in [0.05, 0.1) is 10.7 Å². The molecule has 1 nitrogen and oxygen atoms in total. The van der Waals surface area contributed by atoms with E-state index in [-0.39, 0.29) is 5.02 Å². The molecule has 0 heterocycles. The van der Waals surface area contributed by atoms with Gasteiger partial charge in [0.25, 0.3) is 0 Å². The highest BCUT2D eigenvalue weighted by Gasteiger charge is 2.07. The topological polar surface area (TPSA) is 12.0 Å². The molecule has 1 rings (SSSR count). The number of benzene rings is 1. The molecular formula is C7H6BrClFN. The van der Waals surface area contributed by atoms with Crippen LogP contribution in [-0.4, -0.2) is 7.05 Å². The minimum Gasteiger partial charge on any atom is -0.386 e. The van der Waals surface area contributed by atoms with Crippen LogP contribution >= 0.6 is 27.5 Å². The van der Waals surface area contributed by atoms with Crippen LogP contribution in [0.25, 0.3) is 0 Å². The van der Waals surface area contributed by atoms with E-state index in [1.165, 1.54) is 0 Å². The molecule has 0 spiro atoms. The average Bonchev–Trinajstić information content (AvgIpc) is 2.01. The highest BCUT2D eigenvalue weighted by atomic mass is 79.9. The van der Waals surface area contributed by atoms with Gasteiger partial charge in [0.2, 0.25) is 0 Å². The summed E-state index contributed by atoms with van der Waals surface area (Å²) in [5, 5.41) is 2.79. The van der Waals surface area contributed by atoms with E-state index in [0.717, 1.165) is 0 Å². The second kappa shape index (κ2) is 3.41. The van der Waals surface area contributed by atoms with Gasteiger partial charge in [-0.2, -0.15) is 0 Å². The van der Waals surface area contributed by atoms with Gasteiger partial charge in [0.1, 0.15) is 0 Å². The normalized spacial score (nSPS) is 9.82. The van der Waals surface area contributed by atoms with Crippen molar-refractivity contribution in [1.29, 1.82) is 0 Å². The highest BCUT2D eigenvalue weighted by Crippen LogP contribution is 2.29. The molecule has 0 radical (unpaired) electrons. The minimum absolute atomic E-state index is 0.108. The van der Waals surface area contributed by atoms with Crippen molar-refractivity contribution in [1.82, 2.24) is 0 Å². The summed E-state index contributed by atoms with van der Waals surface area (Å²) in [5.41, 5.74) is 0.401. The molecular weight excluding hydrogens is 232 g/mol. The van der Waals surface area contributed by atoms with Gasteiger partial charge in [0.15, 0.2) is 5.82 Å². The van der Waals surface area contributed by atoms with Crippen molar-refractivity contribution in [3.05, 3.63) is 27.4 Å². The molecule has 1 N–H and O–H groups in total. The van der Waals surface area contributed by atoms with Crippen LogP contribution < -0.4 is 5.32 Å². The first-order valence-corrected chi connectivity index (χ1v) is 4.15. The number of halogens is 3. The Morgan fingerprint density at radius 3 is 2.73 bits per heavy atom. The Morgan fingerprint density at radius 1 is 1.55 bits per heavy atom. The predicted molar refractivity (Wildman–Crippen MR) is 48.7 cm³/mol. The molecule has 0 unspecified atom stereocenters. The van der Waals surface area contributed by atoms with Crippen LogP contribution in [0, 0.1) is 5.82 Å². The molecule has 0 saturated heterocycles. The monoisotopic (exact) mass is 237 g/mol. The van der Waals surface area contributed by atoms with Gasteiger partial charge in [-0.3, -0.25) is 0 Å². The van der Waals surface area contributed by atoms with Crippen molar-refractivity contribution >= 4 is 33.2 Å². The molecule has 0 aromatic heterocycles. The third kappa shape index (κ3) is 1.65. The van der Waals surface area contributed by atoms with E-state index in [4.69, 9.17) is 11.6 Å². The Morgan fingerprint density at radius 2 is 2.18 bits per heavy atom. The van der Waals surface area contributed by atoms with E-state index >= 15 is 0 Å². The van der Waals surface area contributed by atoms with Crippen LogP contribution in [-0.2, 0) is 0 Å². The number of hydrogen-bond acceptors (Lipinski definition) is 1. The predicted octanol–water partition coefficient (Wildman–Crippen LogP) is 3.28. The molecule has 4 heteroatoms. The van der Waals surface area contributed by atoms with Gasteiger partial charge in [-0.05, 0) is 28.1 Å². The van der Waals surface area contributed by atoms with Crippen molar-refractivity contribution in [2.24, 2.45) is 0 Å². The third-order valence-corrected chi connectivity index (χ3v) is 2.56. The smallest absolute Gasteiger partial charge is 0.165 e. The summed E-state index contributed by atoms with van der Waals surface area (Å²) >= 11 is 8.71. The minimum atomic E-state index is -0.427. The summed E-state index contributed by atoms with van der Waals surface area (Å²) in [5.74, 6) is -0.427. The molecule has 60 valence electrons. The third-order valence-electron chi connectivity index (χ3n) is 1.30. The van der Waals surface area contributed by atoms with E-state index in [1.54, 1.807) is 19.2 Å². The van der Waals surface area contributed by atoms with Gasteiger partial charge in [-0.1, -0.05) is 11.6 Å². The SMILES string of the molecule is CNc1ccc(Br)c(Cl)c1F. The van der Waals surface area contributed by atoms with E-state index in [9.17, 15) is 4.39 Å². The maximum atomic E-state index is 13.0. The Hall–Kier alpha value is -0.280. The van der Waals surface area contributed by atoms with Crippen LogP contribution in [0.15, 0.2) is 16.6 Å². The number of anilines is 1. The van der Waals surface area contributed by atoms with Gasteiger partial charge >= 0.3 is 0 Å². The lowest BCUT2D eigenvalue weighted by Crippen LogP contribution is -1.92. The highest BCUT2D eigenvalue weighted by molar-refractivity contribution is 9.10. The van der Waals surface area contributed by atoms with Crippen molar-refractivity contribution in [2.45, 2.75) is 0 Å². The van der Waals surface area contributed by atoms with Crippen LogP contribution in [0.5, 0.6) is 0 Å². The summed E-state index contributed by atoms with van der Waals surface area (Å²) in [6.45, 7) is 0. The van der Waals surface area contributed by atoms with Crippen LogP contribution in [0.2, 0.25) is 5.02 Å². The lowest BCUT2D eigenvalue weighted by atomic mass is 10.3. The second-order valence-corrected chi connectivity index (χ2v) is 3.21. The first kappa shape index (κ1) is 8.81. The lowest BCUT2D eigenvalue weighted by Gasteiger charge is -2.03. The number of rotatable bonds is 1. The second-order valence-electron chi connectivity index (χ2n) is 1.97. The van der Waals surface area contributed by atoms with Crippen LogP contribution in [0.4, 0.5) is 10.1 Å². The molecule has 11 heavy (non-hydrogen) atoms. The number of hydrogen-bond donors (Lipinski definition) is 1. The first-order chi connectivity index (χ1) is 5.16. The van der Waals surface area contributed by atoms with Gasteiger partial charge in [-0.15, -0.1) is 0 Å². The van der Waals surface area contributed by atoms with Crippen molar-refractivity contribution in [2.75, 3.05) is 12.4 Å². The lowest BCUT2D eigenvalue weighted by molar-refractivity contribution is 0.631. The summed E-state index contributed by atoms with van der Waals surface area (Å²) < 4.78 is 13.6. The fourth-order valence-corrected chi connectivity index (χ4v) is 1.19. The van der Waals surface area contributed by atoms with E-state index in [1.807, 2.05) is 0 Å². The van der Waals surface area contributed by atoms with Crippen LogP contribution in [0.3, 0.4) is 0 Å². The molecule has 1 aromatic rings. The molecule has 0 fully saturated rings. The molecule has 0 aliphatic carbocycles. The molecule has 0 atom stereocenters. The largest absolute Gasteiger partial charge is 0.386 e. The zero-order chi connectivity index (χ0) is 8.43. The van der Waals surface area contributed by atoms with Crippen LogP contribution in [0.1, 0.15) is 0 Å². The standard InChI is InChI=1S/C7H6BrClFN/c1-11-5-3-2-4(8)6(9)7(5)10/h2-3,11H,1H3. The molecule has 0 bridgehead atoms. The van der Waals surface area contributed by atoms with Crippen molar-refractivity contribution in [3.63, 3.8) is 0 Å². The fraction of sp³-hybridized carbons (Fsp3) is 0.143. The van der Waals surface area contributed by atoms with Gasteiger partial charge in [0, 0.05) is 11.5 Å². The average molecular weight is 238 g/mol. The van der Waals surface area contributed by atoms with Crippen molar-refractivity contribution in [3.8, 4) is 0 Å². The Kier molecular flexibility index (Phi) is 2.73. The van der Waals surface area contributed by atoms with Gasteiger partial charge in [-0.25, -0.2) is 4.39 Å². The fourth-order valence-electron chi connectivity index (χ4n) is 0.719. The Balaban J connectivity index is 3.25. The summed E-state index contributed by atoms with van der Waals surface area (Å²) in [6, 6.07) is 3.31. The Labute approximate surface area is 77.7 Å². The van der Waals surface area contributed by atoms with Crippen molar-refractivity contribution < 1.29 is 4.39 Å². The maximum Gasteiger partial charge on any atom is 0.165 e. The van der Waals surface area contributed by atoms with Gasteiger partial charge < -0.3 is 5.32 Å². The Bertz CT molecular complexity index is 277. The quantitative estimate of drug-likeness (QED) is 0.741. The summed E-state index contributed by atoms with van der Waals surface area (Å²) in [6.07, 6.45) is 0. The maximum absolute atomic E-state index is 13.0.